The number of carbonyl (C=O) groups excluding carboxylic acids is 1. The van der Waals surface area contributed by atoms with Gasteiger partial charge in [0, 0.05) is 0 Å². The molecule has 1 heterocycles. The first-order chi connectivity index (χ1) is 6.15. The molecule has 0 aliphatic heterocycles. The Balaban J connectivity index is 2.79. The third-order valence-corrected chi connectivity index (χ3v) is 1.19. The fraction of sp³-hybridized carbons (Fsp3) is 0.167. The highest BCUT2D eigenvalue weighted by Crippen LogP contribution is 2.14. The molecule has 0 aliphatic rings. The molecule has 0 fully saturated rings. The van der Waals surface area contributed by atoms with Crippen LogP contribution < -0.4 is 5.48 Å². The van der Waals surface area contributed by atoms with Crippen LogP contribution >= 0.6 is 0 Å². The molecule has 0 spiro atoms. The van der Waals surface area contributed by atoms with Gasteiger partial charge in [0.05, 0.1) is 13.2 Å². The lowest BCUT2D eigenvalue weighted by molar-refractivity contribution is -0.402. The smallest absolute Gasteiger partial charge is 0.395 e. The lowest BCUT2D eigenvalue weighted by Gasteiger charge is -1.95. The van der Waals surface area contributed by atoms with Crippen LogP contribution in [0.3, 0.4) is 0 Å². The maximum Gasteiger partial charge on any atom is 0.433 e. The first kappa shape index (κ1) is 9.20. The highest BCUT2D eigenvalue weighted by molar-refractivity contribution is 5.90. The molecule has 0 radical (unpaired) electrons. The zero-order valence-corrected chi connectivity index (χ0v) is 6.64. The Kier molecular flexibility index (Phi) is 2.60. The molecule has 0 saturated carbocycles. The van der Waals surface area contributed by atoms with Crippen molar-refractivity contribution in [2.24, 2.45) is 0 Å². The van der Waals surface area contributed by atoms with Crippen molar-refractivity contribution in [3.63, 3.8) is 0 Å². The molecule has 1 aromatic rings. The van der Waals surface area contributed by atoms with Gasteiger partial charge >= 0.3 is 11.8 Å². The van der Waals surface area contributed by atoms with Crippen molar-refractivity contribution in [2.75, 3.05) is 7.11 Å². The van der Waals surface area contributed by atoms with E-state index in [9.17, 15) is 14.9 Å². The number of carbonyl (C=O) groups is 1. The van der Waals surface area contributed by atoms with E-state index in [4.69, 9.17) is 0 Å². The Morgan fingerprint density at radius 2 is 2.38 bits per heavy atom. The molecule has 0 unspecified atom stereocenters. The molecule has 0 bridgehead atoms. The number of hydrogen-bond donors (Lipinski definition) is 1. The molecule has 1 rings (SSSR count). The summed E-state index contributed by atoms with van der Waals surface area (Å²) in [6, 6.07) is 2.27. The molecular formula is C6H6N2O5. The van der Waals surface area contributed by atoms with Gasteiger partial charge in [0.15, 0.2) is 0 Å². The minimum Gasteiger partial charge on any atom is -0.395 e. The Hall–Kier alpha value is -1.89. The number of furan rings is 1. The molecule has 1 amide bonds. The Bertz CT molecular complexity index is 332. The van der Waals surface area contributed by atoms with E-state index in [0.29, 0.717) is 0 Å². The van der Waals surface area contributed by atoms with Gasteiger partial charge in [0.2, 0.25) is 5.76 Å². The van der Waals surface area contributed by atoms with Crippen LogP contribution in [0, 0.1) is 10.1 Å². The van der Waals surface area contributed by atoms with Crippen LogP contribution in [0.1, 0.15) is 10.6 Å². The van der Waals surface area contributed by atoms with Crippen LogP contribution in [0.25, 0.3) is 0 Å². The summed E-state index contributed by atoms with van der Waals surface area (Å²) < 4.78 is 4.57. The van der Waals surface area contributed by atoms with Gasteiger partial charge in [-0.1, -0.05) is 0 Å². The predicted octanol–water partition coefficient (Wildman–Crippen LogP) is 0.479. The molecule has 0 aromatic carbocycles. The first-order valence-corrected chi connectivity index (χ1v) is 3.22. The number of hydroxylamine groups is 1. The zero-order chi connectivity index (χ0) is 9.84. The molecule has 13 heavy (non-hydrogen) atoms. The zero-order valence-electron chi connectivity index (χ0n) is 6.64. The van der Waals surface area contributed by atoms with Crippen molar-refractivity contribution in [3.8, 4) is 0 Å². The number of nitro groups is 1. The standard InChI is InChI=1S/C6H6N2O5/c1-12-7-6(9)4-2-3-5(13-4)8(10)11/h2-3H,1H3,(H,7,9). The summed E-state index contributed by atoms with van der Waals surface area (Å²) in [5, 5.41) is 10.1. The molecule has 7 heteroatoms. The second kappa shape index (κ2) is 3.68. The van der Waals surface area contributed by atoms with E-state index in [1.165, 1.54) is 13.2 Å². The van der Waals surface area contributed by atoms with E-state index in [0.717, 1.165) is 6.07 Å². The van der Waals surface area contributed by atoms with E-state index in [1.807, 2.05) is 5.48 Å². The average Bonchev–Trinajstić information content (AvgIpc) is 2.52. The second-order valence-electron chi connectivity index (χ2n) is 2.03. The largest absolute Gasteiger partial charge is 0.433 e. The van der Waals surface area contributed by atoms with Crippen molar-refractivity contribution in [2.45, 2.75) is 0 Å². The summed E-state index contributed by atoms with van der Waals surface area (Å²) in [6.07, 6.45) is 0. The Morgan fingerprint density at radius 3 is 2.85 bits per heavy atom. The molecule has 0 aliphatic carbocycles. The van der Waals surface area contributed by atoms with Gasteiger partial charge in [-0.15, -0.1) is 0 Å². The topological polar surface area (TPSA) is 94.6 Å². The van der Waals surface area contributed by atoms with Crippen LogP contribution in [0.15, 0.2) is 16.5 Å². The summed E-state index contributed by atoms with van der Waals surface area (Å²) in [7, 11) is 1.25. The minimum atomic E-state index is -0.733. The normalized spacial score (nSPS) is 9.62. The first-order valence-electron chi connectivity index (χ1n) is 3.22. The van der Waals surface area contributed by atoms with Gasteiger partial charge in [-0.25, -0.2) is 5.48 Å². The molecule has 1 aromatic heterocycles. The van der Waals surface area contributed by atoms with Crippen molar-refractivity contribution in [1.82, 2.24) is 5.48 Å². The summed E-state index contributed by atoms with van der Waals surface area (Å²) in [6.45, 7) is 0. The molecule has 1 N–H and O–H groups in total. The van der Waals surface area contributed by atoms with Gasteiger partial charge < -0.3 is 4.42 Å². The van der Waals surface area contributed by atoms with Gasteiger partial charge in [-0.3, -0.25) is 19.7 Å². The Morgan fingerprint density at radius 1 is 1.69 bits per heavy atom. The SMILES string of the molecule is CONC(=O)c1ccc([N+](=O)[O-])o1. The van der Waals surface area contributed by atoms with Gasteiger partial charge in [-0.05, 0) is 6.07 Å². The summed E-state index contributed by atoms with van der Waals surface area (Å²) >= 11 is 0. The lowest BCUT2D eigenvalue weighted by atomic mass is 10.4. The number of amides is 1. The van der Waals surface area contributed by atoms with Gasteiger partial charge in [-0.2, -0.15) is 0 Å². The highest BCUT2D eigenvalue weighted by Gasteiger charge is 2.16. The van der Waals surface area contributed by atoms with Crippen LogP contribution in [0.2, 0.25) is 0 Å². The minimum absolute atomic E-state index is 0.173. The van der Waals surface area contributed by atoms with Crippen molar-refractivity contribution < 1.29 is 19.0 Å². The van der Waals surface area contributed by atoms with Crippen molar-refractivity contribution in [1.29, 1.82) is 0 Å². The quantitative estimate of drug-likeness (QED) is 0.547. The van der Waals surface area contributed by atoms with Crippen LogP contribution in [0.4, 0.5) is 5.88 Å². The van der Waals surface area contributed by atoms with Gasteiger partial charge in [0.25, 0.3) is 0 Å². The monoisotopic (exact) mass is 186 g/mol. The van der Waals surface area contributed by atoms with Crippen LogP contribution in [-0.4, -0.2) is 17.9 Å². The highest BCUT2D eigenvalue weighted by atomic mass is 16.7. The van der Waals surface area contributed by atoms with E-state index in [1.54, 1.807) is 0 Å². The maximum atomic E-state index is 10.9. The molecule has 0 saturated heterocycles. The van der Waals surface area contributed by atoms with E-state index >= 15 is 0 Å². The van der Waals surface area contributed by atoms with Gasteiger partial charge in [0.1, 0.15) is 4.92 Å². The van der Waals surface area contributed by atoms with Crippen molar-refractivity contribution >= 4 is 11.8 Å². The Labute approximate surface area is 72.4 Å². The molecular weight excluding hydrogens is 180 g/mol. The third kappa shape index (κ3) is 2.03. The van der Waals surface area contributed by atoms with E-state index in [2.05, 4.69) is 9.25 Å². The van der Waals surface area contributed by atoms with E-state index in [-0.39, 0.29) is 5.76 Å². The number of nitrogens with zero attached hydrogens (tertiary/aromatic N) is 1. The summed E-state index contributed by atoms with van der Waals surface area (Å²) in [4.78, 5) is 24.6. The molecule has 0 atom stereocenters. The fourth-order valence-corrected chi connectivity index (χ4v) is 0.691. The van der Waals surface area contributed by atoms with Crippen molar-refractivity contribution in [3.05, 3.63) is 28.0 Å². The molecule has 70 valence electrons. The number of rotatable bonds is 3. The summed E-state index contributed by atoms with van der Waals surface area (Å²) in [5.74, 6) is -1.33. The van der Waals surface area contributed by atoms with Crippen LogP contribution in [-0.2, 0) is 4.84 Å². The number of nitrogens with one attached hydrogen (secondary N) is 1. The number of hydrogen-bond acceptors (Lipinski definition) is 5. The third-order valence-electron chi connectivity index (χ3n) is 1.19. The second-order valence-corrected chi connectivity index (χ2v) is 2.03. The summed E-state index contributed by atoms with van der Waals surface area (Å²) in [5.41, 5.74) is 1.96. The predicted molar refractivity (Wildman–Crippen MR) is 39.8 cm³/mol. The van der Waals surface area contributed by atoms with E-state index < -0.39 is 16.7 Å². The average molecular weight is 186 g/mol. The fourth-order valence-electron chi connectivity index (χ4n) is 0.691. The van der Waals surface area contributed by atoms with Crippen LogP contribution in [0.5, 0.6) is 0 Å². The molecule has 7 nitrogen and oxygen atoms in total. The lowest BCUT2D eigenvalue weighted by Crippen LogP contribution is -2.20. The maximum absolute atomic E-state index is 10.9.